The molecule has 4 rings (SSSR count). The minimum absolute atomic E-state index is 0.0482. The van der Waals surface area contributed by atoms with Crippen LogP contribution in [0.3, 0.4) is 0 Å². The van der Waals surface area contributed by atoms with Crippen LogP contribution in [0.2, 0.25) is 0 Å². The first-order valence-corrected chi connectivity index (χ1v) is 13.0. The number of carbonyl (C=O) groups excluding carboxylic acids is 1. The van der Waals surface area contributed by atoms with Crippen LogP contribution in [-0.2, 0) is 4.79 Å². The predicted octanol–water partition coefficient (Wildman–Crippen LogP) is 3.87. The van der Waals surface area contributed by atoms with Crippen molar-refractivity contribution >= 4 is 44.4 Å². The van der Waals surface area contributed by atoms with Crippen molar-refractivity contribution in [2.75, 3.05) is 64.1 Å². The fourth-order valence-corrected chi connectivity index (χ4v) is 5.70. The Bertz CT molecular complexity index is 1100. The highest BCUT2D eigenvalue weighted by atomic mass is 32.2. The molecular weight excluding hydrogens is 475 g/mol. The van der Waals surface area contributed by atoms with E-state index in [1.165, 1.54) is 12.1 Å². The zero-order valence-corrected chi connectivity index (χ0v) is 21.0. The summed E-state index contributed by atoms with van der Waals surface area (Å²) in [7, 11) is 3.27. The van der Waals surface area contributed by atoms with Crippen molar-refractivity contribution in [2.45, 2.75) is 11.3 Å². The first-order chi connectivity index (χ1) is 16.6. The molecule has 1 N–H and O–H groups in total. The van der Waals surface area contributed by atoms with Gasteiger partial charge in [-0.2, -0.15) is 0 Å². The Hall–Kier alpha value is -2.56. The molecule has 1 fully saturated rings. The predicted molar refractivity (Wildman–Crippen MR) is 136 cm³/mol. The molecule has 1 amide bonds. The molecule has 0 spiro atoms. The van der Waals surface area contributed by atoms with Crippen LogP contribution in [-0.4, -0.2) is 75.0 Å². The van der Waals surface area contributed by atoms with Gasteiger partial charge in [0.25, 0.3) is 0 Å². The zero-order valence-electron chi connectivity index (χ0n) is 19.4. The average molecular weight is 505 g/mol. The summed E-state index contributed by atoms with van der Waals surface area (Å²) >= 11 is 3.22. The lowest BCUT2D eigenvalue weighted by Gasteiger charge is -2.34. The Morgan fingerprint density at radius 1 is 1.12 bits per heavy atom. The van der Waals surface area contributed by atoms with Gasteiger partial charge in [0, 0.05) is 56.3 Å². The van der Waals surface area contributed by atoms with Gasteiger partial charge in [-0.1, -0.05) is 11.3 Å². The summed E-state index contributed by atoms with van der Waals surface area (Å²) in [4.78, 5) is 22.6. The number of nitrogens with one attached hydrogen (secondary N) is 1. The summed E-state index contributed by atoms with van der Waals surface area (Å²) in [6.07, 6.45) is 0.446. The van der Waals surface area contributed by atoms with Gasteiger partial charge >= 0.3 is 0 Å². The van der Waals surface area contributed by atoms with Crippen LogP contribution in [0.15, 0.2) is 41.3 Å². The second-order valence-corrected chi connectivity index (χ2v) is 10.1. The molecule has 1 saturated heterocycles. The highest BCUT2D eigenvalue weighted by Crippen LogP contribution is 2.40. The number of carbonyl (C=O) groups is 1. The van der Waals surface area contributed by atoms with Gasteiger partial charge < -0.3 is 19.7 Å². The molecule has 1 aliphatic heterocycles. The molecule has 2 aromatic carbocycles. The smallest absolute Gasteiger partial charge is 0.220 e. The maximum Gasteiger partial charge on any atom is 0.220 e. The number of halogens is 1. The lowest BCUT2D eigenvalue weighted by molar-refractivity contribution is -0.120. The summed E-state index contributed by atoms with van der Waals surface area (Å²) in [5.41, 5.74) is 0.838. The van der Waals surface area contributed by atoms with Crippen molar-refractivity contribution < 1.29 is 18.7 Å². The van der Waals surface area contributed by atoms with Gasteiger partial charge in [0.1, 0.15) is 11.3 Å². The van der Waals surface area contributed by atoms with Gasteiger partial charge in [0.2, 0.25) is 5.91 Å². The van der Waals surface area contributed by atoms with Crippen LogP contribution >= 0.6 is 23.1 Å². The molecule has 0 radical (unpaired) electrons. The van der Waals surface area contributed by atoms with Gasteiger partial charge in [-0.3, -0.25) is 9.69 Å². The number of rotatable bonds is 10. The number of methoxy groups -OCH3 is 2. The molecule has 7 nitrogen and oxygen atoms in total. The third-order valence-electron chi connectivity index (χ3n) is 5.70. The molecule has 34 heavy (non-hydrogen) atoms. The Morgan fingerprint density at radius 3 is 2.59 bits per heavy atom. The molecule has 0 unspecified atom stereocenters. The second kappa shape index (κ2) is 11.7. The van der Waals surface area contributed by atoms with E-state index in [0.717, 1.165) is 53.0 Å². The molecule has 1 aromatic heterocycles. The van der Waals surface area contributed by atoms with Crippen LogP contribution in [0.5, 0.6) is 11.5 Å². The Morgan fingerprint density at radius 2 is 1.88 bits per heavy atom. The maximum absolute atomic E-state index is 12.9. The van der Waals surface area contributed by atoms with Crippen LogP contribution < -0.4 is 19.7 Å². The number of thiazole rings is 1. The number of thioether (sulfide) groups is 1. The fourth-order valence-electron chi connectivity index (χ4n) is 3.83. The standard InChI is InChI=1S/C24H29FN4O3S2/c1-31-19-7-8-20-22(23(19)32-2)27-24(34-20)29-14-12-28(13-15-29)11-10-26-21(30)9-16-33-18-5-3-17(25)4-6-18/h3-8H,9-16H2,1-2H3,(H,26,30). The molecule has 1 aliphatic rings. The van der Waals surface area contributed by atoms with Gasteiger partial charge in [-0.05, 0) is 36.4 Å². The molecule has 182 valence electrons. The number of piperazine rings is 1. The number of hydrogen-bond donors (Lipinski definition) is 1. The second-order valence-electron chi connectivity index (χ2n) is 7.88. The van der Waals surface area contributed by atoms with Gasteiger partial charge in [0.05, 0.1) is 18.9 Å². The first-order valence-electron chi connectivity index (χ1n) is 11.2. The molecule has 3 aromatic rings. The number of hydrogen-bond acceptors (Lipinski definition) is 8. The lowest BCUT2D eigenvalue weighted by atomic mass is 10.3. The number of benzene rings is 2. The van der Waals surface area contributed by atoms with Crippen LogP contribution in [0.25, 0.3) is 10.2 Å². The summed E-state index contributed by atoms with van der Waals surface area (Å²) in [6, 6.07) is 10.3. The molecule has 2 heterocycles. The summed E-state index contributed by atoms with van der Waals surface area (Å²) in [5, 5.41) is 4.00. The lowest BCUT2D eigenvalue weighted by Crippen LogP contribution is -2.48. The normalized spacial score (nSPS) is 14.4. The summed E-state index contributed by atoms with van der Waals surface area (Å²) in [5.74, 6) is 1.84. The largest absolute Gasteiger partial charge is 0.493 e. The van der Waals surface area contributed by atoms with Crippen molar-refractivity contribution in [3.63, 3.8) is 0 Å². The molecule has 0 aliphatic carbocycles. The van der Waals surface area contributed by atoms with E-state index < -0.39 is 0 Å². The van der Waals surface area contributed by atoms with Crippen LogP contribution in [0.1, 0.15) is 6.42 Å². The van der Waals surface area contributed by atoms with E-state index in [0.29, 0.717) is 30.2 Å². The Balaban J connectivity index is 1.18. The van der Waals surface area contributed by atoms with E-state index in [4.69, 9.17) is 14.5 Å². The molecular formula is C24H29FN4O3S2. The molecule has 0 bridgehead atoms. The quantitative estimate of drug-likeness (QED) is 0.421. The third kappa shape index (κ3) is 6.11. The number of nitrogens with zero attached hydrogens (tertiary/aromatic N) is 3. The van der Waals surface area contributed by atoms with Crippen molar-refractivity contribution in [1.29, 1.82) is 0 Å². The van der Waals surface area contributed by atoms with E-state index in [9.17, 15) is 9.18 Å². The van der Waals surface area contributed by atoms with E-state index in [1.54, 1.807) is 49.5 Å². The molecule has 10 heteroatoms. The van der Waals surface area contributed by atoms with Crippen molar-refractivity contribution in [3.05, 3.63) is 42.2 Å². The Kier molecular flexibility index (Phi) is 8.47. The number of amides is 1. The first kappa shape index (κ1) is 24.6. The fraction of sp³-hybridized carbons (Fsp3) is 0.417. The van der Waals surface area contributed by atoms with Crippen LogP contribution in [0.4, 0.5) is 9.52 Å². The topological polar surface area (TPSA) is 66.9 Å². The average Bonchev–Trinajstić information content (AvgIpc) is 3.29. The van der Waals surface area contributed by atoms with Crippen molar-refractivity contribution in [3.8, 4) is 11.5 Å². The van der Waals surface area contributed by atoms with Crippen molar-refractivity contribution in [2.24, 2.45) is 0 Å². The number of ether oxygens (including phenoxy) is 2. The summed E-state index contributed by atoms with van der Waals surface area (Å²) < 4.78 is 24.9. The minimum atomic E-state index is -0.246. The maximum atomic E-state index is 12.9. The van der Waals surface area contributed by atoms with Crippen molar-refractivity contribution in [1.82, 2.24) is 15.2 Å². The van der Waals surface area contributed by atoms with Crippen LogP contribution in [0, 0.1) is 5.82 Å². The minimum Gasteiger partial charge on any atom is -0.493 e. The van der Waals surface area contributed by atoms with E-state index in [1.807, 2.05) is 12.1 Å². The Labute approximate surface area is 207 Å². The highest BCUT2D eigenvalue weighted by molar-refractivity contribution is 7.99. The number of fused-ring (bicyclic) bond motifs is 1. The molecule has 0 saturated carbocycles. The monoisotopic (exact) mass is 504 g/mol. The van der Waals surface area contributed by atoms with Gasteiger partial charge in [-0.25, -0.2) is 9.37 Å². The number of anilines is 1. The van der Waals surface area contributed by atoms with E-state index in [-0.39, 0.29) is 11.7 Å². The van der Waals surface area contributed by atoms with E-state index >= 15 is 0 Å². The third-order valence-corrected chi connectivity index (χ3v) is 7.79. The SMILES string of the molecule is COc1ccc2sc(N3CCN(CCNC(=O)CCSc4ccc(F)cc4)CC3)nc2c1OC. The highest BCUT2D eigenvalue weighted by Gasteiger charge is 2.21. The molecule has 0 atom stereocenters. The number of aromatic nitrogens is 1. The zero-order chi connectivity index (χ0) is 23.9. The summed E-state index contributed by atoms with van der Waals surface area (Å²) in [6.45, 7) is 5.09. The van der Waals surface area contributed by atoms with E-state index in [2.05, 4.69) is 15.1 Å². The van der Waals surface area contributed by atoms with Gasteiger partial charge in [-0.15, -0.1) is 11.8 Å². The van der Waals surface area contributed by atoms with Gasteiger partial charge in [0.15, 0.2) is 16.6 Å².